The van der Waals surface area contributed by atoms with Crippen molar-refractivity contribution in [1.29, 1.82) is 0 Å². The highest BCUT2D eigenvalue weighted by molar-refractivity contribution is 6.35. The molecule has 0 spiro atoms. The number of hydrogen-bond acceptors (Lipinski definition) is 8. The Morgan fingerprint density at radius 3 is 2.62 bits per heavy atom. The molecule has 2 aromatic carbocycles. The van der Waals surface area contributed by atoms with Crippen molar-refractivity contribution in [2.75, 3.05) is 61.9 Å². The topological polar surface area (TPSA) is 96.5 Å². The number of hydrogen-bond donors (Lipinski definition) is 2. The van der Waals surface area contributed by atoms with Crippen molar-refractivity contribution in [2.24, 2.45) is 0 Å². The van der Waals surface area contributed by atoms with Gasteiger partial charge in [0.25, 0.3) is 0 Å². The number of carbonyl (C=O) groups excluding carboxylic acids is 1. The molecule has 2 saturated heterocycles. The van der Waals surface area contributed by atoms with Crippen molar-refractivity contribution in [3.8, 4) is 11.1 Å². The molecule has 2 aromatic heterocycles. The van der Waals surface area contributed by atoms with E-state index in [0.717, 1.165) is 29.6 Å². The van der Waals surface area contributed by atoms with Gasteiger partial charge in [0, 0.05) is 61.3 Å². The predicted octanol–water partition coefficient (Wildman–Crippen LogP) is 5.23. The first-order valence-corrected chi connectivity index (χ1v) is 15.6. The van der Waals surface area contributed by atoms with E-state index < -0.39 is 5.82 Å². The number of halogens is 2. The van der Waals surface area contributed by atoms with Crippen molar-refractivity contribution in [2.45, 2.75) is 38.9 Å². The van der Waals surface area contributed by atoms with Crippen molar-refractivity contribution in [3.63, 3.8) is 0 Å². The number of rotatable bonds is 8. The highest BCUT2D eigenvalue weighted by Gasteiger charge is 2.36. The fourth-order valence-electron chi connectivity index (χ4n) is 6.41. The number of aromatic amines is 1. The van der Waals surface area contributed by atoms with Crippen LogP contribution >= 0.6 is 11.6 Å². The Labute approximate surface area is 267 Å². The monoisotopic (exact) mass is 631 g/mol. The first kappa shape index (κ1) is 30.8. The van der Waals surface area contributed by atoms with E-state index in [0.29, 0.717) is 54.2 Å². The molecular weight excluding hydrogens is 593 g/mol. The van der Waals surface area contributed by atoms with Gasteiger partial charge in [0.15, 0.2) is 11.6 Å². The van der Waals surface area contributed by atoms with Gasteiger partial charge in [0.05, 0.1) is 22.0 Å². The molecule has 12 heteroatoms. The van der Waals surface area contributed by atoms with Crippen LogP contribution in [0.3, 0.4) is 0 Å². The van der Waals surface area contributed by atoms with Crippen LogP contribution in [0.25, 0.3) is 32.9 Å². The van der Waals surface area contributed by atoms with Crippen LogP contribution in [0.5, 0.6) is 0 Å². The molecule has 2 aliphatic rings. The zero-order valence-electron chi connectivity index (χ0n) is 26.4. The molecule has 2 atom stereocenters. The van der Waals surface area contributed by atoms with Gasteiger partial charge in [0.2, 0.25) is 11.9 Å². The van der Waals surface area contributed by atoms with Crippen molar-refractivity contribution in [3.05, 3.63) is 59.9 Å². The Morgan fingerprint density at radius 1 is 1.20 bits per heavy atom. The minimum atomic E-state index is -0.519. The summed E-state index contributed by atoms with van der Waals surface area (Å²) in [4.78, 5) is 30.6. The van der Waals surface area contributed by atoms with Gasteiger partial charge < -0.3 is 24.9 Å². The first-order chi connectivity index (χ1) is 21.6. The minimum Gasteiger partial charge on any atom is -0.368 e. The predicted molar refractivity (Wildman–Crippen MR) is 181 cm³/mol. The molecule has 10 nitrogen and oxygen atoms in total. The third-order valence-corrected chi connectivity index (χ3v) is 9.34. The van der Waals surface area contributed by atoms with E-state index in [2.05, 4.69) is 43.4 Å². The Balaban J connectivity index is 1.57. The second-order valence-electron chi connectivity index (χ2n) is 12.1. The molecule has 4 aromatic rings. The molecule has 2 N–H and O–H groups in total. The summed E-state index contributed by atoms with van der Waals surface area (Å²) >= 11 is 7.03. The summed E-state index contributed by atoms with van der Waals surface area (Å²) in [5.74, 6) is 0.988. The van der Waals surface area contributed by atoms with Crippen LogP contribution in [-0.2, 0) is 4.79 Å². The molecule has 4 heterocycles. The van der Waals surface area contributed by atoms with Crippen LogP contribution in [0.1, 0.15) is 19.4 Å². The summed E-state index contributed by atoms with van der Waals surface area (Å²) in [6, 6.07) is 5.57. The summed E-state index contributed by atoms with van der Waals surface area (Å²) < 4.78 is 17.2. The summed E-state index contributed by atoms with van der Waals surface area (Å²) in [5, 5.41) is 12.3. The molecule has 2 aliphatic heterocycles. The summed E-state index contributed by atoms with van der Waals surface area (Å²) in [7, 11) is 4.09. The minimum absolute atomic E-state index is 0.142. The Morgan fingerprint density at radius 2 is 1.96 bits per heavy atom. The third-order valence-electron chi connectivity index (χ3n) is 9.04. The Kier molecular flexibility index (Phi) is 8.17. The number of amides is 1. The van der Waals surface area contributed by atoms with Crippen LogP contribution in [0.4, 0.5) is 22.0 Å². The maximum absolute atomic E-state index is 17.2. The van der Waals surface area contributed by atoms with Gasteiger partial charge in [-0.15, -0.1) is 6.58 Å². The summed E-state index contributed by atoms with van der Waals surface area (Å²) in [6.07, 6.45) is 3.13. The first-order valence-electron chi connectivity index (χ1n) is 15.2. The van der Waals surface area contributed by atoms with E-state index in [1.165, 1.54) is 6.08 Å². The van der Waals surface area contributed by atoms with Gasteiger partial charge in [-0.2, -0.15) is 10.1 Å². The number of nitrogens with zero attached hydrogens (tertiary/aromatic N) is 7. The van der Waals surface area contributed by atoms with E-state index in [1.54, 1.807) is 17.0 Å². The molecule has 45 heavy (non-hydrogen) atoms. The SMILES string of the molecule is C=CC(=O)N1C[C@H](C=C)N(c2nc(N3CC(N(C)C)C3)nc3c(F)c(-c4c(C)ccc5[nH]nc(NCC)c45)c(Cl)cc23)C[C@H]1C. The number of piperazine rings is 1. The summed E-state index contributed by atoms with van der Waals surface area (Å²) in [6.45, 7) is 16.6. The molecule has 0 bridgehead atoms. The quantitative estimate of drug-likeness (QED) is 0.202. The van der Waals surface area contributed by atoms with Crippen LogP contribution in [0.2, 0.25) is 5.02 Å². The highest BCUT2D eigenvalue weighted by atomic mass is 35.5. The number of aromatic nitrogens is 4. The molecule has 2 fully saturated rings. The average Bonchev–Trinajstić information content (AvgIpc) is 3.39. The fourth-order valence-corrected chi connectivity index (χ4v) is 6.69. The Bertz CT molecular complexity index is 1820. The van der Waals surface area contributed by atoms with Gasteiger partial charge >= 0.3 is 0 Å². The van der Waals surface area contributed by atoms with Crippen LogP contribution < -0.4 is 15.1 Å². The van der Waals surface area contributed by atoms with E-state index in [9.17, 15) is 4.79 Å². The van der Waals surface area contributed by atoms with Gasteiger partial charge in [-0.25, -0.2) is 9.37 Å². The van der Waals surface area contributed by atoms with E-state index in [1.807, 2.05) is 47.0 Å². The molecule has 0 aliphatic carbocycles. The van der Waals surface area contributed by atoms with E-state index >= 15 is 4.39 Å². The van der Waals surface area contributed by atoms with Crippen molar-refractivity contribution < 1.29 is 9.18 Å². The normalized spacial score (nSPS) is 19.0. The van der Waals surface area contributed by atoms with Gasteiger partial charge in [-0.3, -0.25) is 9.89 Å². The maximum atomic E-state index is 17.2. The van der Waals surface area contributed by atoms with Gasteiger partial charge in [0.1, 0.15) is 11.3 Å². The van der Waals surface area contributed by atoms with E-state index in [-0.39, 0.29) is 34.1 Å². The number of anilines is 3. The molecule has 1 amide bonds. The zero-order chi connectivity index (χ0) is 32.2. The summed E-state index contributed by atoms with van der Waals surface area (Å²) in [5.41, 5.74) is 2.75. The van der Waals surface area contributed by atoms with E-state index in [4.69, 9.17) is 21.6 Å². The number of aryl methyl sites for hydroxylation is 1. The lowest BCUT2D eigenvalue weighted by atomic mass is 9.94. The fraction of sp³-hybridized carbons (Fsp3) is 0.394. The largest absolute Gasteiger partial charge is 0.368 e. The zero-order valence-corrected chi connectivity index (χ0v) is 27.1. The van der Waals surface area contributed by atoms with Gasteiger partial charge in [-0.05, 0) is 58.6 Å². The van der Waals surface area contributed by atoms with Crippen LogP contribution in [-0.4, -0.2) is 101 Å². The Hall–Kier alpha value is -4.22. The lowest BCUT2D eigenvalue weighted by molar-refractivity contribution is -0.128. The lowest BCUT2D eigenvalue weighted by Crippen LogP contribution is -2.59. The number of benzene rings is 2. The van der Waals surface area contributed by atoms with Crippen LogP contribution in [0, 0.1) is 12.7 Å². The number of nitrogens with one attached hydrogen (secondary N) is 2. The third kappa shape index (κ3) is 5.17. The smallest absolute Gasteiger partial charge is 0.246 e. The number of carbonyl (C=O) groups is 1. The average molecular weight is 632 g/mol. The number of fused-ring (bicyclic) bond motifs is 2. The molecule has 0 saturated carbocycles. The number of likely N-dealkylation sites (N-methyl/N-ethyl adjacent to an activating group) is 1. The molecule has 0 radical (unpaired) electrons. The molecular formula is C33H39ClFN9O. The number of H-pyrrole nitrogens is 1. The second-order valence-corrected chi connectivity index (χ2v) is 12.5. The molecule has 6 rings (SSSR count). The molecule has 0 unspecified atom stereocenters. The standard InChI is InChI=1S/C33H39ClFN9O/c1-8-20-17-43(25(45)9-2)19(5)14-44(20)32-22-13-23(34)27(26-18(4)11-12-24-28(26)31(36-10-3)40-39-24)29(35)30(22)37-33(38-32)42-15-21(16-42)41(6)7/h8-9,11-13,19-21H,1-2,10,14-17H2,3-7H3,(H2,36,39,40)/t19-,20+/m1/s1. The molecule has 236 valence electrons. The van der Waals surface area contributed by atoms with Crippen molar-refractivity contribution >= 4 is 56.9 Å². The van der Waals surface area contributed by atoms with Crippen molar-refractivity contribution in [1.82, 2.24) is 30.0 Å². The second kappa shape index (κ2) is 11.9. The van der Waals surface area contributed by atoms with Gasteiger partial charge in [-0.1, -0.05) is 30.3 Å². The maximum Gasteiger partial charge on any atom is 0.246 e. The highest BCUT2D eigenvalue weighted by Crippen LogP contribution is 2.44. The van der Waals surface area contributed by atoms with Crippen LogP contribution in [0.15, 0.2) is 43.5 Å². The lowest BCUT2D eigenvalue weighted by Gasteiger charge is -2.46.